The minimum Gasteiger partial charge on any atom is -0.351 e. The van der Waals surface area contributed by atoms with Gasteiger partial charge in [-0.1, -0.05) is 11.6 Å². The summed E-state index contributed by atoms with van der Waals surface area (Å²) < 4.78 is 0. The van der Waals surface area contributed by atoms with Gasteiger partial charge in [-0.15, -0.1) is 0 Å². The summed E-state index contributed by atoms with van der Waals surface area (Å²) in [7, 11) is 0. The Morgan fingerprint density at radius 2 is 2.29 bits per heavy atom. The Labute approximate surface area is 106 Å². The van der Waals surface area contributed by atoms with Gasteiger partial charge in [-0.3, -0.25) is 9.78 Å². The number of hydrogen-bond acceptors (Lipinski definition) is 2. The molecule has 3 rings (SSSR count). The van der Waals surface area contributed by atoms with Crippen LogP contribution in [0.2, 0.25) is 5.02 Å². The fraction of sp³-hybridized carbons (Fsp3) is 0.538. The van der Waals surface area contributed by atoms with Gasteiger partial charge in [0.25, 0.3) is 5.91 Å². The van der Waals surface area contributed by atoms with Crippen molar-refractivity contribution in [3.8, 4) is 0 Å². The highest BCUT2D eigenvalue weighted by atomic mass is 35.5. The van der Waals surface area contributed by atoms with Gasteiger partial charge in [0.1, 0.15) is 0 Å². The molecule has 2 aliphatic carbocycles. The fourth-order valence-electron chi connectivity index (χ4n) is 2.50. The van der Waals surface area contributed by atoms with E-state index in [0.29, 0.717) is 16.0 Å². The van der Waals surface area contributed by atoms with E-state index in [-0.39, 0.29) is 5.91 Å². The molecule has 0 radical (unpaired) electrons. The molecule has 0 atom stereocenters. The van der Waals surface area contributed by atoms with Crippen molar-refractivity contribution in [2.24, 2.45) is 11.3 Å². The topological polar surface area (TPSA) is 42.0 Å². The van der Waals surface area contributed by atoms with Crippen molar-refractivity contribution in [1.29, 1.82) is 0 Å². The first-order chi connectivity index (χ1) is 8.21. The van der Waals surface area contributed by atoms with Gasteiger partial charge in [0.15, 0.2) is 0 Å². The number of nitrogens with one attached hydrogen (secondary N) is 1. The number of carbonyl (C=O) groups is 1. The molecule has 1 heterocycles. The maximum atomic E-state index is 12.0. The van der Waals surface area contributed by atoms with Gasteiger partial charge in [-0.25, -0.2) is 0 Å². The highest BCUT2D eigenvalue weighted by molar-refractivity contribution is 6.33. The predicted molar refractivity (Wildman–Crippen MR) is 66.0 cm³/mol. The lowest BCUT2D eigenvalue weighted by atomic mass is 10.0. The van der Waals surface area contributed by atoms with Crippen molar-refractivity contribution < 1.29 is 4.79 Å². The lowest BCUT2D eigenvalue weighted by molar-refractivity contribution is 0.0942. The van der Waals surface area contributed by atoms with Gasteiger partial charge in [-0.2, -0.15) is 0 Å². The minimum atomic E-state index is -0.0793. The molecule has 0 bridgehead atoms. The van der Waals surface area contributed by atoms with Crippen LogP contribution < -0.4 is 5.32 Å². The Hall–Kier alpha value is -1.09. The molecule has 0 unspecified atom stereocenters. The molecule has 1 aromatic heterocycles. The number of amides is 1. The summed E-state index contributed by atoms with van der Waals surface area (Å²) in [6, 6.07) is 1.66. The number of rotatable bonds is 4. The van der Waals surface area contributed by atoms with E-state index >= 15 is 0 Å². The highest BCUT2D eigenvalue weighted by Crippen LogP contribution is 2.60. The van der Waals surface area contributed by atoms with Crippen LogP contribution in [0.15, 0.2) is 18.5 Å². The third-order valence-corrected chi connectivity index (χ3v) is 4.25. The van der Waals surface area contributed by atoms with E-state index in [2.05, 4.69) is 10.3 Å². The van der Waals surface area contributed by atoms with Crippen molar-refractivity contribution >= 4 is 17.5 Å². The predicted octanol–water partition coefficient (Wildman–Crippen LogP) is 2.66. The first-order valence-corrected chi connectivity index (χ1v) is 6.47. The molecule has 17 heavy (non-hydrogen) atoms. The van der Waals surface area contributed by atoms with Gasteiger partial charge in [0.2, 0.25) is 0 Å². The fourth-order valence-corrected chi connectivity index (χ4v) is 2.70. The number of aromatic nitrogens is 1. The van der Waals surface area contributed by atoms with E-state index in [0.717, 1.165) is 12.5 Å². The van der Waals surface area contributed by atoms with Crippen molar-refractivity contribution in [3.63, 3.8) is 0 Å². The third-order valence-electron chi connectivity index (χ3n) is 3.95. The monoisotopic (exact) mass is 250 g/mol. The molecule has 2 saturated carbocycles. The van der Waals surface area contributed by atoms with Crippen LogP contribution in [0.3, 0.4) is 0 Å². The molecule has 0 saturated heterocycles. The summed E-state index contributed by atoms with van der Waals surface area (Å²) >= 11 is 5.94. The second-order valence-electron chi connectivity index (χ2n) is 5.17. The van der Waals surface area contributed by atoms with Crippen LogP contribution in [0.25, 0.3) is 0 Å². The van der Waals surface area contributed by atoms with Crippen molar-refractivity contribution in [3.05, 3.63) is 29.0 Å². The first-order valence-electron chi connectivity index (χ1n) is 6.09. The zero-order chi connectivity index (χ0) is 11.9. The average Bonchev–Trinajstić information content (AvgIpc) is 3.17. The van der Waals surface area contributed by atoms with Crippen LogP contribution in [-0.4, -0.2) is 17.4 Å². The molecule has 90 valence electrons. The molecule has 2 aliphatic rings. The molecule has 1 amide bonds. The number of hydrogen-bond donors (Lipinski definition) is 1. The van der Waals surface area contributed by atoms with Gasteiger partial charge in [0, 0.05) is 18.9 Å². The Balaban J connectivity index is 1.62. The third kappa shape index (κ3) is 2.16. The lowest BCUT2D eigenvalue weighted by Crippen LogP contribution is -2.31. The largest absolute Gasteiger partial charge is 0.351 e. The van der Waals surface area contributed by atoms with Gasteiger partial charge >= 0.3 is 0 Å². The summed E-state index contributed by atoms with van der Waals surface area (Å²) in [6.07, 6.45) is 8.31. The molecular formula is C13H15ClN2O. The van der Waals surface area contributed by atoms with E-state index in [4.69, 9.17) is 11.6 Å². The van der Waals surface area contributed by atoms with Gasteiger partial charge in [0.05, 0.1) is 10.6 Å². The molecule has 0 aliphatic heterocycles. The zero-order valence-electron chi connectivity index (χ0n) is 9.58. The Morgan fingerprint density at radius 3 is 2.88 bits per heavy atom. The molecule has 3 nitrogen and oxygen atoms in total. The zero-order valence-corrected chi connectivity index (χ0v) is 10.3. The summed E-state index contributed by atoms with van der Waals surface area (Å²) in [4.78, 5) is 15.8. The van der Waals surface area contributed by atoms with E-state index in [1.807, 2.05) is 0 Å². The maximum absolute atomic E-state index is 12.0. The molecule has 0 aromatic carbocycles. The molecular weight excluding hydrogens is 236 g/mol. The average molecular weight is 251 g/mol. The lowest BCUT2D eigenvalue weighted by Gasteiger charge is -2.15. The van der Waals surface area contributed by atoms with E-state index in [9.17, 15) is 4.79 Å². The van der Waals surface area contributed by atoms with Crippen LogP contribution in [0.1, 0.15) is 36.0 Å². The first kappa shape index (κ1) is 11.0. The smallest absolute Gasteiger partial charge is 0.252 e. The normalized spacial score (nSPS) is 21.0. The number of carbonyl (C=O) groups excluding carboxylic acids is 1. The molecule has 0 spiro atoms. The van der Waals surface area contributed by atoms with E-state index < -0.39 is 0 Å². The van der Waals surface area contributed by atoms with Crippen molar-refractivity contribution in [2.75, 3.05) is 6.54 Å². The summed E-state index contributed by atoms with van der Waals surface area (Å²) in [6.45, 7) is 0.801. The number of nitrogens with zero attached hydrogens (tertiary/aromatic N) is 1. The standard InChI is InChI=1S/C13H15ClN2O/c14-11-7-15-6-3-10(11)12(17)16-8-13(4-5-13)9-1-2-9/h3,6-7,9H,1-2,4-5,8H2,(H,16,17). The Bertz CT molecular complexity index is 452. The van der Waals surface area contributed by atoms with Gasteiger partial charge < -0.3 is 5.32 Å². The Kier molecular flexibility index (Phi) is 2.58. The molecule has 2 fully saturated rings. The highest BCUT2D eigenvalue weighted by Gasteiger charge is 2.53. The van der Waals surface area contributed by atoms with Crippen molar-refractivity contribution in [1.82, 2.24) is 10.3 Å². The van der Waals surface area contributed by atoms with Crippen LogP contribution in [0.4, 0.5) is 0 Å². The van der Waals surface area contributed by atoms with Gasteiger partial charge in [-0.05, 0) is 43.1 Å². The minimum absolute atomic E-state index is 0.0793. The summed E-state index contributed by atoms with van der Waals surface area (Å²) in [5.74, 6) is 0.778. The van der Waals surface area contributed by atoms with Crippen molar-refractivity contribution in [2.45, 2.75) is 25.7 Å². The second-order valence-corrected chi connectivity index (χ2v) is 5.58. The van der Waals surface area contributed by atoms with Crippen LogP contribution in [0.5, 0.6) is 0 Å². The van der Waals surface area contributed by atoms with Crippen LogP contribution in [0, 0.1) is 11.3 Å². The van der Waals surface area contributed by atoms with Crippen LogP contribution in [-0.2, 0) is 0 Å². The SMILES string of the molecule is O=C(NCC1(C2CC2)CC1)c1ccncc1Cl. The Morgan fingerprint density at radius 1 is 1.53 bits per heavy atom. The van der Waals surface area contributed by atoms with E-state index in [1.165, 1.54) is 31.9 Å². The number of pyridine rings is 1. The second kappa shape index (κ2) is 3.98. The summed E-state index contributed by atoms with van der Waals surface area (Å²) in [5, 5.41) is 3.43. The van der Waals surface area contributed by atoms with E-state index in [1.54, 1.807) is 12.3 Å². The molecule has 4 heteroatoms. The quantitative estimate of drug-likeness (QED) is 0.893. The molecule has 1 N–H and O–H groups in total. The van der Waals surface area contributed by atoms with Crippen LogP contribution >= 0.6 is 11.6 Å². The summed E-state index contributed by atoms with van der Waals surface area (Å²) in [5.41, 5.74) is 0.947. The molecule has 1 aromatic rings. The number of halogens is 1. The maximum Gasteiger partial charge on any atom is 0.252 e.